The molecule has 5 heteroatoms. The maximum absolute atomic E-state index is 4.50. The number of thiophene rings is 1. The second-order valence-electron chi connectivity index (χ2n) is 6.64. The van der Waals surface area contributed by atoms with Crippen LogP contribution in [0.5, 0.6) is 0 Å². The summed E-state index contributed by atoms with van der Waals surface area (Å²) in [7, 11) is 4.24. The van der Waals surface area contributed by atoms with E-state index in [1.807, 2.05) is 0 Å². The molecule has 1 atom stereocenters. The summed E-state index contributed by atoms with van der Waals surface area (Å²) in [6.45, 7) is 7.28. The zero-order chi connectivity index (χ0) is 18.0. The molecule has 132 valence electrons. The number of aromatic nitrogens is 2. The Morgan fingerprint density at radius 3 is 2.48 bits per heavy atom. The summed E-state index contributed by atoms with van der Waals surface area (Å²) in [5.41, 5.74) is 3.96. The van der Waals surface area contributed by atoms with Gasteiger partial charge in [-0.3, -0.25) is 0 Å². The van der Waals surface area contributed by atoms with Gasteiger partial charge < -0.3 is 10.2 Å². The predicted octanol–water partition coefficient (Wildman–Crippen LogP) is 4.59. The highest BCUT2D eigenvalue weighted by Crippen LogP contribution is 2.32. The maximum atomic E-state index is 4.50. The van der Waals surface area contributed by atoms with Crippen molar-refractivity contribution in [2.45, 2.75) is 33.2 Å². The lowest BCUT2D eigenvalue weighted by molar-refractivity contribution is 0.311. The van der Waals surface area contributed by atoms with Crippen molar-refractivity contribution in [1.82, 2.24) is 14.9 Å². The van der Waals surface area contributed by atoms with E-state index >= 15 is 0 Å². The fourth-order valence-electron chi connectivity index (χ4n) is 3.08. The number of benzene rings is 1. The van der Waals surface area contributed by atoms with Crippen molar-refractivity contribution < 1.29 is 0 Å². The Kier molecular flexibility index (Phi) is 5.35. The Bertz CT molecular complexity index is 852. The molecule has 1 unspecified atom stereocenters. The van der Waals surface area contributed by atoms with Crippen molar-refractivity contribution in [1.29, 1.82) is 0 Å². The van der Waals surface area contributed by atoms with Crippen LogP contribution in [0, 0.1) is 13.8 Å². The van der Waals surface area contributed by atoms with Crippen molar-refractivity contribution in [3.05, 3.63) is 52.2 Å². The smallest absolute Gasteiger partial charge is 0.138 e. The van der Waals surface area contributed by atoms with Gasteiger partial charge in [0.2, 0.25) is 0 Å². The molecule has 2 heterocycles. The Labute approximate surface area is 153 Å². The average molecular weight is 355 g/mol. The van der Waals surface area contributed by atoms with E-state index in [0.29, 0.717) is 0 Å². The Balaban J connectivity index is 1.84. The quantitative estimate of drug-likeness (QED) is 0.703. The fourth-order valence-corrected chi connectivity index (χ4v) is 4.08. The molecule has 0 amide bonds. The molecule has 4 nitrogen and oxygen atoms in total. The summed E-state index contributed by atoms with van der Waals surface area (Å²) in [5.74, 6) is 0.934. The van der Waals surface area contributed by atoms with Crippen LogP contribution in [0.15, 0.2) is 30.6 Å². The van der Waals surface area contributed by atoms with Crippen LogP contribution in [0.25, 0.3) is 10.2 Å². The highest BCUT2D eigenvalue weighted by Gasteiger charge is 2.16. The molecular formula is C20H26N4S. The number of fused-ring (bicyclic) bond motifs is 1. The van der Waals surface area contributed by atoms with Gasteiger partial charge in [-0.05, 0) is 51.1 Å². The van der Waals surface area contributed by atoms with Gasteiger partial charge in [0.1, 0.15) is 17.0 Å². The standard InChI is InChI=1S/C20H26N4S/c1-6-15-7-9-16(10-8-15)17(24(4)5)11-21-19-18-13(2)14(3)25-20(18)23-12-22-19/h7-10,12,17H,6,11H2,1-5H3,(H,21,22,23). The molecule has 1 aromatic carbocycles. The number of rotatable bonds is 6. The minimum atomic E-state index is 0.288. The van der Waals surface area contributed by atoms with Crippen LogP contribution in [-0.4, -0.2) is 35.5 Å². The molecule has 0 fully saturated rings. The number of anilines is 1. The van der Waals surface area contributed by atoms with E-state index < -0.39 is 0 Å². The molecule has 0 aliphatic carbocycles. The molecular weight excluding hydrogens is 328 g/mol. The second-order valence-corrected chi connectivity index (χ2v) is 7.84. The largest absolute Gasteiger partial charge is 0.368 e. The van der Waals surface area contributed by atoms with Crippen LogP contribution in [0.3, 0.4) is 0 Å². The first-order valence-electron chi connectivity index (χ1n) is 8.71. The molecule has 0 radical (unpaired) electrons. The second kappa shape index (κ2) is 7.50. The minimum Gasteiger partial charge on any atom is -0.368 e. The van der Waals surface area contributed by atoms with E-state index in [0.717, 1.165) is 29.0 Å². The number of likely N-dealkylation sites (N-methyl/N-ethyl adjacent to an activating group) is 1. The lowest BCUT2D eigenvalue weighted by atomic mass is 10.0. The van der Waals surface area contributed by atoms with E-state index in [9.17, 15) is 0 Å². The van der Waals surface area contributed by atoms with Gasteiger partial charge in [-0.2, -0.15) is 0 Å². The summed E-state index contributed by atoms with van der Waals surface area (Å²) in [4.78, 5) is 13.5. The van der Waals surface area contributed by atoms with Crippen LogP contribution >= 0.6 is 11.3 Å². The van der Waals surface area contributed by atoms with Gasteiger partial charge in [0, 0.05) is 11.4 Å². The molecule has 0 aliphatic rings. The van der Waals surface area contributed by atoms with Crippen LogP contribution in [-0.2, 0) is 6.42 Å². The summed E-state index contributed by atoms with van der Waals surface area (Å²) in [6, 6.07) is 9.21. The maximum Gasteiger partial charge on any atom is 0.138 e. The van der Waals surface area contributed by atoms with Crippen molar-refractivity contribution in [3.8, 4) is 0 Å². The molecule has 0 spiro atoms. The van der Waals surface area contributed by atoms with E-state index in [4.69, 9.17) is 0 Å². The normalized spacial score (nSPS) is 12.7. The molecule has 0 bridgehead atoms. The lowest BCUT2D eigenvalue weighted by Gasteiger charge is -2.25. The van der Waals surface area contributed by atoms with Gasteiger partial charge in [0.25, 0.3) is 0 Å². The van der Waals surface area contributed by atoms with Gasteiger partial charge in [-0.1, -0.05) is 31.2 Å². The number of nitrogens with zero attached hydrogens (tertiary/aromatic N) is 3. The van der Waals surface area contributed by atoms with E-state index in [1.165, 1.54) is 21.6 Å². The van der Waals surface area contributed by atoms with E-state index in [2.05, 4.69) is 79.3 Å². The molecule has 0 saturated carbocycles. The number of hydrogen-bond acceptors (Lipinski definition) is 5. The van der Waals surface area contributed by atoms with E-state index in [-0.39, 0.29) is 6.04 Å². The zero-order valence-electron chi connectivity index (χ0n) is 15.6. The number of nitrogens with one attached hydrogen (secondary N) is 1. The van der Waals surface area contributed by atoms with Gasteiger partial charge in [-0.25, -0.2) is 9.97 Å². The Morgan fingerprint density at radius 2 is 1.84 bits per heavy atom. The SMILES string of the molecule is CCc1ccc(C(CNc2ncnc3sc(C)c(C)c23)N(C)C)cc1. The van der Waals surface area contributed by atoms with E-state index in [1.54, 1.807) is 17.7 Å². The van der Waals surface area contributed by atoms with Crippen LogP contribution in [0.4, 0.5) is 5.82 Å². The van der Waals surface area contributed by atoms with Crippen LogP contribution in [0.1, 0.15) is 34.5 Å². The van der Waals surface area contributed by atoms with Crippen LogP contribution in [0.2, 0.25) is 0 Å². The number of aryl methyl sites for hydroxylation is 3. The van der Waals surface area contributed by atoms with Gasteiger partial charge in [-0.15, -0.1) is 11.3 Å². The van der Waals surface area contributed by atoms with Crippen molar-refractivity contribution >= 4 is 27.4 Å². The highest BCUT2D eigenvalue weighted by molar-refractivity contribution is 7.18. The zero-order valence-corrected chi connectivity index (χ0v) is 16.4. The third kappa shape index (κ3) is 3.67. The van der Waals surface area contributed by atoms with Gasteiger partial charge >= 0.3 is 0 Å². The van der Waals surface area contributed by atoms with Crippen molar-refractivity contribution in [3.63, 3.8) is 0 Å². The molecule has 2 aromatic heterocycles. The predicted molar refractivity (Wildman–Crippen MR) is 108 cm³/mol. The van der Waals surface area contributed by atoms with Crippen molar-refractivity contribution in [2.75, 3.05) is 26.0 Å². The molecule has 25 heavy (non-hydrogen) atoms. The summed E-state index contributed by atoms with van der Waals surface area (Å²) in [5, 5.41) is 4.72. The van der Waals surface area contributed by atoms with Gasteiger partial charge in [0.05, 0.1) is 11.4 Å². The Morgan fingerprint density at radius 1 is 1.12 bits per heavy atom. The summed E-state index contributed by atoms with van der Waals surface area (Å²) >= 11 is 1.73. The molecule has 0 aliphatic heterocycles. The third-order valence-corrected chi connectivity index (χ3v) is 5.94. The third-order valence-electron chi connectivity index (χ3n) is 4.82. The van der Waals surface area contributed by atoms with Crippen LogP contribution < -0.4 is 5.32 Å². The van der Waals surface area contributed by atoms with Gasteiger partial charge in [0.15, 0.2) is 0 Å². The molecule has 1 N–H and O–H groups in total. The summed E-state index contributed by atoms with van der Waals surface area (Å²) < 4.78 is 0. The Hall–Kier alpha value is -1.98. The number of hydrogen-bond donors (Lipinski definition) is 1. The first-order chi connectivity index (χ1) is 12.0. The highest BCUT2D eigenvalue weighted by atomic mass is 32.1. The summed E-state index contributed by atoms with van der Waals surface area (Å²) in [6.07, 6.45) is 2.72. The molecule has 3 aromatic rings. The fraction of sp³-hybridized carbons (Fsp3) is 0.400. The lowest BCUT2D eigenvalue weighted by Crippen LogP contribution is -2.27. The minimum absolute atomic E-state index is 0.288. The first-order valence-corrected chi connectivity index (χ1v) is 9.52. The first kappa shape index (κ1) is 17.8. The van der Waals surface area contributed by atoms with Crippen molar-refractivity contribution in [2.24, 2.45) is 0 Å². The molecule has 3 rings (SSSR count). The monoisotopic (exact) mass is 354 g/mol. The topological polar surface area (TPSA) is 41.1 Å². The molecule has 0 saturated heterocycles. The average Bonchev–Trinajstić information content (AvgIpc) is 2.90.